The molecule has 1 aliphatic carbocycles. The highest BCUT2D eigenvalue weighted by molar-refractivity contribution is 5.85. The van der Waals surface area contributed by atoms with Crippen LogP contribution in [0.3, 0.4) is 0 Å². The molecule has 1 saturated carbocycles. The van der Waals surface area contributed by atoms with Crippen molar-refractivity contribution < 1.29 is 17.1 Å². The van der Waals surface area contributed by atoms with Gasteiger partial charge in [0.2, 0.25) is 5.91 Å². The van der Waals surface area contributed by atoms with Crippen LogP contribution in [0, 0.1) is 0 Å². The number of nitrogens with one attached hydrogen (secondary N) is 2. The van der Waals surface area contributed by atoms with Gasteiger partial charge in [0.15, 0.2) is 0 Å². The largest absolute Gasteiger partial charge is 0.497 e. The topological polar surface area (TPSA) is 63.3 Å². The molecule has 1 saturated heterocycles. The van der Waals surface area contributed by atoms with Gasteiger partial charge in [0, 0.05) is 32.6 Å². The molecule has 2 aliphatic rings. The Bertz CT molecular complexity index is 760. The van der Waals surface area contributed by atoms with Crippen LogP contribution in [0.2, 0.25) is 0 Å². The van der Waals surface area contributed by atoms with Gasteiger partial charge in [-0.15, -0.1) is 0 Å². The van der Waals surface area contributed by atoms with E-state index in [0.717, 1.165) is 49.8 Å². The van der Waals surface area contributed by atoms with Crippen molar-refractivity contribution in [2.45, 2.75) is 70.4 Å². The van der Waals surface area contributed by atoms with Crippen LogP contribution >= 0.6 is 0 Å². The predicted octanol–water partition coefficient (Wildman–Crippen LogP) is 5.02. The highest BCUT2D eigenvalue weighted by Crippen LogP contribution is 2.37. The average Bonchev–Trinajstić information content (AvgIpc) is 3.39. The van der Waals surface area contributed by atoms with Gasteiger partial charge in [-0.1, -0.05) is 20.3 Å². The number of hydrogen-bond donors (Lipinski definition) is 2. The molecule has 2 aromatic rings. The lowest BCUT2D eigenvalue weighted by Gasteiger charge is -2.30. The van der Waals surface area contributed by atoms with Crippen LogP contribution < -0.4 is 10.1 Å². The van der Waals surface area contributed by atoms with Crippen LogP contribution in [-0.2, 0) is 9.53 Å². The van der Waals surface area contributed by atoms with Crippen molar-refractivity contribution in [3.63, 3.8) is 0 Å². The molecule has 0 radical (unpaired) electrons. The Balaban J connectivity index is 0.00000102. The summed E-state index contributed by atoms with van der Waals surface area (Å²) in [5.74, 6) is 1.42. The number of aromatic amines is 1. The summed E-state index contributed by atoms with van der Waals surface area (Å²) >= 11 is 0. The first-order valence-electron chi connectivity index (χ1n) is 10.3. The predicted molar refractivity (Wildman–Crippen MR) is 113 cm³/mol. The second-order valence-electron chi connectivity index (χ2n) is 7.23. The molecule has 4 rings (SSSR count). The van der Waals surface area contributed by atoms with Gasteiger partial charge >= 0.3 is 0 Å². The summed E-state index contributed by atoms with van der Waals surface area (Å²) in [7, 11) is 1.70. The Morgan fingerprint density at radius 2 is 2.11 bits per heavy atom. The third-order valence-corrected chi connectivity index (χ3v) is 5.60. The van der Waals surface area contributed by atoms with Gasteiger partial charge < -0.3 is 19.8 Å². The number of H-pyrrole nitrogens is 1. The summed E-state index contributed by atoms with van der Waals surface area (Å²) in [5, 5.41) is 4.46. The lowest BCUT2D eigenvalue weighted by molar-refractivity contribution is -0.131. The fourth-order valence-corrected chi connectivity index (χ4v) is 4.27. The van der Waals surface area contributed by atoms with Crippen LogP contribution in [0.1, 0.15) is 66.7 Å². The van der Waals surface area contributed by atoms with Crippen molar-refractivity contribution in [3.05, 3.63) is 30.0 Å². The normalized spacial score (nSPS) is 24.9. The molecule has 2 fully saturated rings. The molecule has 152 valence electrons. The summed E-state index contributed by atoms with van der Waals surface area (Å²) in [6.45, 7) is 4.71. The highest BCUT2D eigenvalue weighted by Gasteiger charge is 2.29. The van der Waals surface area contributed by atoms with Crippen molar-refractivity contribution in [1.29, 1.82) is 0 Å². The number of ether oxygens (including phenoxy) is 2. The molecule has 5 nitrogen and oxygen atoms in total. The molecule has 2 heterocycles. The van der Waals surface area contributed by atoms with Gasteiger partial charge in [-0.2, -0.15) is 0 Å². The van der Waals surface area contributed by atoms with E-state index in [4.69, 9.17) is 9.47 Å². The van der Waals surface area contributed by atoms with Crippen molar-refractivity contribution in [2.75, 3.05) is 13.7 Å². The van der Waals surface area contributed by atoms with Crippen LogP contribution in [0.5, 0.6) is 5.75 Å². The smallest absolute Gasteiger partial charge is 0.249 e. The molecular formula is C22H36N2O3. The van der Waals surface area contributed by atoms with E-state index in [0.29, 0.717) is 12.5 Å². The molecule has 1 aromatic heterocycles. The number of benzene rings is 1. The first-order valence-corrected chi connectivity index (χ1v) is 10.3. The summed E-state index contributed by atoms with van der Waals surface area (Å²) < 4.78 is 10.9. The fourth-order valence-electron chi connectivity index (χ4n) is 4.27. The second-order valence-corrected chi connectivity index (χ2v) is 7.23. The second kappa shape index (κ2) is 9.27. The maximum atomic E-state index is 12.3. The van der Waals surface area contributed by atoms with E-state index in [1.165, 1.54) is 10.9 Å². The number of aromatic nitrogens is 1. The van der Waals surface area contributed by atoms with Gasteiger partial charge in [-0.05, 0) is 61.8 Å². The van der Waals surface area contributed by atoms with E-state index in [1.54, 1.807) is 7.11 Å². The molecule has 1 aromatic carbocycles. The molecular weight excluding hydrogens is 340 g/mol. The summed E-state index contributed by atoms with van der Waals surface area (Å²) in [6.07, 6.45) is 8.07. The number of methoxy groups -OCH3 is 1. The van der Waals surface area contributed by atoms with E-state index in [1.807, 2.05) is 19.9 Å². The molecule has 0 bridgehead atoms. The van der Waals surface area contributed by atoms with Crippen LogP contribution in [0.4, 0.5) is 0 Å². The van der Waals surface area contributed by atoms with Crippen LogP contribution in [0.15, 0.2) is 24.4 Å². The number of hydrogen-bond acceptors (Lipinski definition) is 3. The quantitative estimate of drug-likeness (QED) is 0.788. The minimum absolute atomic E-state index is 0. The monoisotopic (exact) mass is 376 g/mol. The SMILES string of the molecule is CC.COc1ccc2[nH]cc([C@H]3CCC[C@@H](NC(=O)[C@H]4CCCO4)C3)c2c1.[HH].[HH]. The van der Waals surface area contributed by atoms with Gasteiger partial charge in [0.05, 0.1) is 7.11 Å². The molecule has 1 amide bonds. The van der Waals surface area contributed by atoms with Crippen molar-refractivity contribution >= 4 is 16.8 Å². The molecule has 0 spiro atoms. The zero-order valence-electron chi connectivity index (χ0n) is 16.7. The molecule has 2 N–H and O–H groups in total. The van der Waals surface area contributed by atoms with Gasteiger partial charge in [0.1, 0.15) is 11.9 Å². The molecule has 0 unspecified atom stereocenters. The lowest BCUT2D eigenvalue weighted by atomic mass is 9.81. The minimum Gasteiger partial charge on any atom is -0.497 e. The Labute approximate surface area is 164 Å². The number of amides is 1. The molecule has 1 aliphatic heterocycles. The van der Waals surface area contributed by atoms with Gasteiger partial charge in [-0.25, -0.2) is 0 Å². The average molecular weight is 377 g/mol. The zero-order chi connectivity index (χ0) is 19.2. The summed E-state index contributed by atoms with van der Waals surface area (Å²) in [6, 6.07) is 6.40. The van der Waals surface area contributed by atoms with E-state index in [2.05, 4.69) is 28.6 Å². The number of carbonyl (C=O) groups is 1. The maximum Gasteiger partial charge on any atom is 0.249 e. The highest BCUT2D eigenvalue weighted by atomic mass is 16.5. The van der Waals surface area contributed by atoms with E-state index >= 15 is 0 Å². The first kappa shape index (κ1) is 19.7. The third-order valence-electron chi connectivity index (χ3n) is 5.60. The summed E-state index contributed by atoms with van der Waals surface area (Å²) in [4.78, 5) is 15.7. The third kappa shape index (κ3) is 4.46. The van der Waals surface area contributed by atoms with Gasteiger partial charge in [-0.3, -0.25) is 4.79 Å². The standard InChI is InChI=1S/C20H26N2O3.C2H6.2H2/c1-24-15-7-8-18-16(11-15)17(12-21-18)13-4-2-5-14(10-13)22-20(23)19-6-3-9-25-19;1-2;;/h7-8,11-14,19,21H,2-6,9-10H2,1H3,(H,22,23);1-2H3;2*1H/t13-,14+,19+;;;/m0.../s1. The Kier molecular flexibility index (Phi) is 6.78. The molecule has 5 heteroatoms. The molecule has 27 heavy (non-hydrogen) atoms. The van der Waals surface area contributed by atoms with Gasteiger partial charge in [0.25, 0.3) is 0 Å². The lowest BCUT2D eigenvalue weighted by Crippen LogP contribution is -2.43. The Morgan fingerprint density at radius 3 is 2.85 bits per heavy atom. The van der Waals surface area contributed by atoms with E-state index in [-0.39, 0.29) is 20.9 Å². The maximum absolute atomic E-state index is 12.3. The van der Waals surface area contributed by atoms with Crippen LogP contribution in [-0.4, -0.2) is 36.8 Å². The Hall–Kier alpha value is -2.01. The number of rotatable bonds is 4. The first-order chi connectivity index (χ1) is 13.2. The minimum atomic E-state index is -0.238. The summed E-state index contributed by atoms with van der Waals surface area (Å²) in [5.41, 5.74) is 2.48. The van der Waals surface area contributed by atoms with Crippen molar-refractivity contribution in [1.82, 2.24) is 10.3 Å². The van der Waals surface area contributed by atoms with E-state index in [9.17, 15) is 4.79 Å². The van der Waals surface area contributed by atoms with Crippen LogP contribution in [0.25, 0.3) is 10.9 Å². The molecule has 3 atom stereocenters. The number of fused-ring (bicyclic) bond motifs is 1. The van der Waals surface area contributed by atoms with Crippen molar-refractivity contribution in [3.8, 4) is 5.75 Å². The zero-order valence-corrected chi connectivity index (χ0v) is 16.7. The Morgan fingerprint density at radius 1 is 1.26 bits per heavy atom. The van der Waals surface area contributed by atoms with E-state index < -0.39 is 0 Å². The number of carbonyl (C=O) groups excluding carboxylic acids is 1. The fraction of sp³-hybridized carbons (Fsp3) is 0.591. The van der Waals surface area contributed by atoms with Crippen molar-refractivity contribution in [2.24, 2.45) is 0 Å².